The Kier molecular flexibility index (Phi) is 3.83. The van der Waals surface area contributed by atoms with Gasteiger partial charge in [0.1, 0.15) is 0 Å². The normalized spacial score (nSPS) is 23.8. The maximum absolute atomic E-state index is 10.6. The Labute approximate surface area is 110 Å². The van der Waals surface area contributed by atoms with Crippen molar-refractivity contribution in [2.24, 2.45) is 5.41 Å². The van der Waals surface area contributed by atoms with Gasteiger partial charge in [0.05, 0.1) is 18.1 Å². The summed E-state index contributed by atoms with van der Waals surface area (Å²) in [5.41, 5.74) is 0.991. The molecule has 1 atom stereocenters. The third kappa shape index (κ3) is 3.36. The molecule has 3 heteroatoms. The van der Waals surface area contributed by atoms with E-state index in [1.807, 2.05) is 6.07 Å². The molecule has 0 aromatic carbocycles. The van der Waals surface area contributed by atoms with Crippen molar-refractivity contribution in [3.63, 3.8) is 0 Å². The predicted octanol–water partition coefficient (Wildman–Crippen LogP) is 3.26. The average Bonchev–Trinajstić information content (AvgIpc) is 2.85. The zero-order valence-corrected chi connectivity index (χ0v) is 11.7. The number of furan rings is 1. The van der Waals surface area contributed by atoms with E-state index in [1.54, 1.807) is 12.5 Å². The number of hydrogen-bond acceptors (Lipinski definition) is 3. The van der Waals surface area contributed by atoms with Crippen molar-refractivity contribution in [2.45, 2.75) is 58.1 Å². The molecule has 3 nitrogen and oxygen atoms in total. The smallest absolute Gasteiger partial charge is 0.0950 e. The van der Waals surface area contributed by atoms with Crippen molar-refractivity contribution in [3.8, 4) is 0 Å². The van der Waals surface area contributed by atoms with Crippen LogP contribution in [0.1, 0.15) is 58.1 Å². The molecule has 2 N–H and O–H groups in total. The van der Waals surface area contributed by atoms with Gasteiger partial charge in [-0.2, -0.15) is 0 Å². The van der Waals surface area contributed by atoms with Crippen LogP contribution in [0.15, 0.2) is 23.0 Å². The Morgan fingerprint density at radius 1 is 1.33 bits per heavy atom. The van der Waals surface area contributed by atoms with Crippen molar-refractivity contribution >= 4 is 0 Å². The highest BCUT2D eigenvalue weighted by Crippen LogP contribution is 2.40. The number of aliphatic hydroxyl groups is 1. The van der Waals surface area contributed by atoms with Gasteiger partial charge in [-0.25, -0.2) is 0 Å². The first-order chi connectivity index (χ1) is 8.40. The van der Waals surface area contributed by atoms with Crippen LogP contribution in [0.2, 0.25) is 0 Å². The molecule has 1 aromatic heterocycles. The monoisotopic (exact) mass is 251 g/mol. The van der Waals surface area contributed by atoms with Crippen LogP contribution in [-0.4, -0.2) is 17.3 Å². The molecule has 1 unspecified atom stereocenters. The van der Waals surface area contributed by atoms with E-state index < -0.39 is 5.60 Å². The lowest BCUT2D eigenvalue weighted by Gasteiger charge is -2.40. The molecular weight excluding hydrogens is 226 g/mol. The lowest BCUT2D eigenvalue weighted by atomic mass is 9.71. The van der Waals surface area contributed by atoms with Gasteiger partial charge in [0.25, 0.3) is 0 Å². The minimum atomic E-state index is -0.534. The van der Waals surface area contributed by atoms with Gasteiger partial charge in [0.2, 0.25) is 0 Å². The fourth-order valence-electron chi connectivity index (χ4n) is 2.55. The average molecular weight is 251 g/mol. The topological polar surface area (TPSA) is 45.4 Å². The Balaban J connectivity index is 1.83. The number of nitrogens with one attached hydrogen (secondary N) is 1. The van der Waals surface area contributed by atoms with E-state index in [9.17, 15) is 5.11 Å². The van der Waals surface area contributed by atoms with Crippen LogP contribution in [-0.2, 0) is 0 Å². The van der Waals surface area contributed by atoms with Gasteiger partial charge >= 0.3 is 0 Å². The van der Waals surface area contributed by atoms with Crippen molar-refractivity contribution < 1.29 is 9.52 Å². The molecule has 2 rings (SSSR count). The molecule has 1 aliphatic carbocycles. The Hall–Kier alpha value is -0.800. The molecule has 0 spiro atoms. The van der Waals surface area contributed by atoms with Crippen molar-refractivity contribution in [2.75, 3.05) is 6.54 Å². The number of rotatable bonds is 4. The molecule has 0 saturated heterocycles. The molecule has 1 fully saturated rings. The van der Waals surface area contributed by atoms with Crippen molar-refractivity contribution in [3.05, 3.63) is 24.2 Å². The highest BCUT2D eigenvalue weighted by atomic mass is 16.3. The van der Waals surface area contributed by atoms with Gasteiger partial charge in [0, 0.05) is 18.2 Å². The standard InChI is InChI=1S/C15H25NO2/c1-12(13-4-9-18-10-13)16-11-15(17)7-5-14(2,3)6-8-15/h4,9-10,12,16-17H,5-8,11H2,1-3H3. The van der Waals surface area contributed by atoms with Gasteiger partial charge in [-0.3, -0.25) is 0 Å². The summed E-state index contributed by atoms with van der Waals surface area (Å²) in [5.74, 6) is 0. The zero-order chi connectivity index (χ0) is 13.2. The first kappa shape index (κ1) is 13.6. The summed E-state index contributed by atoms with van der Waals surface area (Å²) in [5, 5.41) is 14.0. The van der Waals surface area contributed by atoms with Crippen LogP contribution >= 0.6 is 0 Å². The van der Waals surface area contributed by atoms with Crippen LogP contribution in [0.25, 0.3) is 0 Å². The Bertz CT molecular complexity index is 360. The predicted molar refractivity (Wildman–Crippen MR) is 72.3 cm³/mol. The second-order valence-electron chi connectivity index (χ2n) is 6.55. The van der Waals surface area contributed by atoms with E-state index in [1.165, 1.54) is 0 Å². The fraction of sp³-hybridized carbons (Fsp3) is 0.733. The Morgan fingerprint density at radius 2 is 2.00 bits per heavy atom. The molecule has 0 bridgehead atoms. The van der Waals surface area contributed by atoms with E-state index in [2.05, 4.69) is 26.1 Å². The SMILES string of the molecule is CC(NCC1(O)CCC(C)(C)CC1)c1ccoc1. The van der Waals surface area contributed by atoms with Gasteiger partial charge < -0.3 is 14.8 Å². The molecule has 0 amide bonds. The van der Waals surface area contributed by atoms with Crippen LogP contribution in [0.5, 0.6) is 0 Å². The molecule has 18 heavy (non-hydrogen) atoms. The van der Waals surface area contributed by atoms with Crippen molar-refractivity contribution in [1.82, 2.24) is 5.32 Å². The minimum Gasteiger partial charge on any atom is -0.472 e. The third-order valence-corrected chi connectivity index (χ3v) is 4.31. The summed E-state index contributed by atoms with van der Waals surface area (Å²) in [6.45, 7) is 7.33. The molecule has 1 aromatic rings. The van der Waals surface area contributed by atoms with E-state index >= 15 is 0 Å². The summed E-state index contributed by atoms with van der Waals surface area (Å²) in [6, 6.07) is 2.19. The largest absolute Gasteiger partial charge is 0.472 e. The summed E-state index contributed by atoms with van der Waals surface area (Å²) >= 11 is 0. The molecule has 0 radical (unpaired) electrons. The maximum atomic E-state index is 10.6. The zero-order valence-electron chi connectivity index (χ0n) is 11.7. The summed E-state index contributed by atoms with van der Waals surface area (Å²) in [4.78, 5) is 0. The minimum absolute atomic E-state index is 0.225. The van der Waals surface area contributed by atoms with Gasteiger partial charge in [-0.05, 0) is 44.1 Å². The number of hydrogen-bond donors (Lipinski definition) is 2. The highest BCUT2D eigenvalue weighted by Gasteiger charge is 2.36. The van der Waals surface area contributed by atoms with Crippen LogP contribution < -0.4 is 5.32 Å². The van der Waals surface area contributed by atoms with E-state index in [0.29, 0.717) is 12.0 Å². The maximum Gasteiger partial charge on any atom is 0.0950 e. The summed E-state index contributed by atoms with van der Waals surface area (Å²) in [7, 11) is 0. The molecule has 102 valence electrons. The van der Waals surface area contributed by atoms with Crippen LogP contribution in [0.4, 0.5) is 0 Å². The first-order valence-electron chi connectivity index (χ1n) is 6.88. The van der Waals surface area contributed by atoms with Gasteiger partial charge in [0.15, 0.2) is 0 Å². The van der Waals surface area contributed by atoms with E-state index in [4.69, 9.17) is 4.42 Å². The molecular formula is C15H25NO2. The van der Waals surface area contributed by atoms with Gasteiger partial charge in [-0.15, -0.1) is 0 Å². The lowest BCUT2D eigenvalue weighted by molar-refractivity contribution is -0.0258. The molecule has 0 aliphatic heterocycles. The van der Waals surface area contributed by atoms with Crippen LogP contribution in [0, 0.1) is 5.41 Å². The molecule has 1 heterocycles. The quantitative estimate of drug-likeness (QED) is 0.863. The van der Waals surface area contributed by atoms with Crippen molar-refractivity contribution in [1.29, 1.82) is 0 Å². The van der Waals surface area contributed by atoms with E-state index in [-0.39, 0.29) is 6.04 Å². The molecule has 1 saturated carbocycles. The van der Waals surface area contributed by atoms with Gasteiger partial charge in [-0.1, -0.05) is 13.8 Å². The summed E-state index contributed by atoms with van der Waals surface area (Å²) < 4.78 is 5.08. The second-order valence-corrected chi connectivity index (χ2v) is 6.55. The third-order valence-electron chi connectivity index (χ3n) is 4.31. The highest BCUT2D eigenvalue weighted by molar-refractivity contribution is 5.10. The van der Waals surface area contributed by atoms with Crippen LogP contribution in [0.3, 0.4) is 0 Å². The fourth-order valence-corrected chi connectivity index (χ4v) is 2.55. The molecule has 1 aliphatic rings. The Morgan fingerprint density at radius 3 is 2.56 bits per heavy atom. The lowest BCUT2D eigenvalue weighted by Crippen LogP contribution is -2.45. The summed E-state index contributed by atoms with van der Waals surface area (Å²) in [6.07, 6.45) is 7.43. The second kappa shape index (κ2) is 5.06. The van der Waals surface area contributed by atoms with E-state index in [0.717, 1.165) is 31.2 Å². The first-order valence-corrected chi connectivity index (χ1v) is 6.88.